The van der Waals surface area contributed by atoms with Crippen LogP contribution >= 0.6 is 11.3 Å². The van der Waals surface area contributed by atoms with Crippen molar-refractivity contribution in [2.24, 2.45) is 0 Å². The molecular weight excluding hydrogens is 471 g/mol. The summed E-state index contributed by atoms with van der Waals surface area (Å²) < 4.78 is 13.7. The van der Waals surface area contributed by atoms with E-state index < -0.39 is 0 Å². The molecule has 1 fully saturated rings. The van der Waals surface area contributed by atoms with Gasteiger partial charge in [-0.05, 0) is 74.0 Å². The molecule has 5 aromatic heterocycles. The van der Waals surface area contributed by atoms with Gasteiger partial charge in [-0.15, -0.1) is 11.3 Å². The number of rotatable bonds is 5. The van der Waals surface area contributed by atoms with E-state index in [-0.39, 0.29) is 5.13 Å². The molecule has 1 aromatic carbocycles. The molecule has 8 heteroatoms. The highest BCUT2D eigenvalue weighted by Gasteiger charge is 2.17. The highest BCUT2D eigenvalue weighted by atomic mass is 32.1. The van der Waals surface area contributed by atoms with Crippen molar-refractivity contribution in [2.45, 2.75) is 19.4 Å². The summed E-state index contributed by atoms with van der Waals surface area (Å²) in [4.78, 5) is 16.4. The van der Waals surface area contributed by atoms with E-state index in [2.05, 4.69) is 37.2 Å². The normalized spacial score (nSPS) is 14.4. The lowest BCUT2D eigenvalue weighted by molar-refractivity contribution is 0.331. The highest BCUT2D eigenvalue weighted by molar-refractivity contribution is 7.14. The second-order valence-corrected chi connectivity index (χ2v) is 10.3. The number of aromatic nitrogens is 5. The van der Waals surface area contributed by atoms with Gasteiger partial charge in [0, 0.05) is 45.8 Å². The molecule has 0 atom stereocenters. The maximum Gasteiger partial charge on any atom is 0.176 e. The first-order chi connectivity index (χ1) is 17.7. The second kappa shape index (κ2) is 8.65. The van der Waals surface area contributed by atoms with Crippen molar-refractivity contribution in [3.63, 3.8) is 0 Å². The Labute approximate surface area is 210 Å². The van der Waals surface area contributed by atoms with E-state index in [4.69, 9.17) is 4.98 Å². The van der Waals surface area contributed by atoms with Crippen molar-refractivity contribution < 1.29 is 4.39 Å². The molecule has 1 aliphatic heterocycles. The fourth-order valence-corrected chi connectivity index (χ4v) is 5.89. The van der Waals surface area contributed by atoms with Gasteiger partial charge in [0.25, 0.3) is 0 Å². The lowest BCUT2D eigenvalue weighted by atomic mass is 10.1. The predicted molar refractivity (Wildman–Crippen MR) is 142 cm³/mol. The molecule has 1 aliphatic rings. The third-order valence-corrected chi connectivity index (χ3v) is 7.77. The van der Waals surface area contributed by atoms with Gasteiger partial charge < -0.3 is 4.98 Å². The minimum absolute atomic E-state index is 0.188. The molecule has 6 heterocycles. The van der Waals surface area contributed by atoms with Crippen LogP contribution in [0.5, 0.6) is 0 Å². The Morgan fingerprint density at radius 1 is 0.972 bits per heavy atom. The fourth-order valence-electron chi connectivity index (χ4n) is 5.12. The molecule has 0 spiro atoms. The molecule has 6 aromatic rings. The number of pyridine rings is 2. The largest absolute Gasteiger partial charge is 0.353 e. The van der Waals surface area contributed by atoms with E-state index in [0.29, 0.717) is 0 Å². The maximum atomic E-state index is 13.7. The first kappa shape index (κ1) is 21.4. The van der Waals surface area contributed by atoms with Gasteiger partial charge in [0.1, 0.15) is 11.2 Å². The smallest absolute Gasteiger partial charge is 0.176 e. The third-order valence-electron chi connectivity index (χ3n) is 6.86. The van der Waals surface area contributed by atoms with Gasteiger partial charge in [-0.3, -0.25) is 15.0 Å². The second-order valence-electron chi connectivity index (χ2n) is 9.28. The van der Waals surface area contributed by atoms with Gasteiger partial charge >= 0.3 is 0 Å². The summed E-state index contributed by atoms with van der Waals surface area (Å²) >= 11 is 1.15. The van der Waals surface area contributed by atoms with Crippen molar-refractivity contribution in [3.05, 3.63) is 77.7 Å². The summed E-state index contributed by atoms with van der Waals surface area (Å²) in [5.74, 6) is 0. The Hall–Kier alpha value is -3.88. The number of halogens is 1. The number of hydrogen-bond donors (Lipinski definition) is 2. The van der Waals surface area contributed by atoms with E-state index in [1.165, 1.54) is 24.5 Å². The minimum atomic E-state index is -0.188. The predicted octanol–water partition coefficient (Wildman–Crippen LogP) is 6.63. The van der Waals surface area contributed by atoms with Crippen molar-refractivity contribution in [1.29, 1.82) is 0 Å². The first-order valence-electron chi connectivity index (χ1n) is 12.1. The zero-order valence-corrected chi connectivity index (χ0v) is 20.3. The van der Waals surface area contributed by atoms with Gasteiger partial charge in [-0.1, -0.05) is 12.1 Å². The molecule has 1 saturated heterocycles. The zero-order valence-electron chi connectivity index (χ0n) is 19.5. The summed E-state index contributed by atoms with van der Waals surface area (Å²) in [5.41, 5.74) is 8.34. The van der Waals surface area contributed by atoms with Crippen LogP contribution in [-0.2, 0) is 6.54 Å². The number of nitrogens with one attached hydrogen (secondary N) is 2. The Morgan fingerprint density at radius 2 is 1.89 bits per heavy atom. The molecule has 0 unspecified atom stereocenters. The van der Waals surface area contributed by atoms with Gasteiger partial charge in [0.05, 0.1) is 16.9 Å². The number of thiophene rings is 1. The number of likely N-dealkylation sites (tertiary alicyclic amines) is 1. The standard InChI is InChI=1S/C28H23FN6S/c29-26-9-8-25(36-26)19-4-3-5-22-20(19)13-24(31-22)28-27-23(33-34-28)7-6-21(32-27)18-12-17(14-30-15-18)16-35-10-1-2-11-35/h3-9,12-15,31H,1-2,10-11,16H2,(H,33,34). The third kappa shape index (κ3) is 3.79. The first-order valence-corrected chi connectivity index (χ1v) is 12.9. The summed E-state index contributed by atoms with van der Waals surface area (Å²) in [5, 5.41) is 8.55. The van der Waals surface area contributed by atoms with Crippen LogP contribution in [0.4, 0.5) is 4.39 Å². The van der Waals surface area contributed by atoms with E-state index in [9.17, 15) is 4.39 Å². The summed E-state index contributed by atoms with van der Waals surface area (Å²) in [6.45, 7) is 3.23. The average Bonchev–Trinajstić information content (AvgIpc) is 3.70. The van der Waals surface area contributed by atoms with E-state index >= 15 is 0 Å². The summed E-state index contributed by atoms with van der Waals surface area (Å²) in [6.07, 6.45) is 6.37. The molecule has 0 bridgehead atoms. The van der Waals surface area contributed by atoms with Crippen LogP contribution in [0.3, 0.4) is 0 Å². The van der Waals surface area contributed by atoms with Crippen molar-refractivity contribution in [3.8, 4) is 33.1 Å². The van der Waals surface area contributed by atoms with Gasteiger partial charge in [0.15, 0.2) is 5.13 Å². The van der Waals surface area contributed by atoms with Crippen molar-refractivity contribution >= 4 is 33.3 Å². The van der Waals surface area contributed by atoms with Gasteiger partial charge in [-0.2, -0.15) is 9.49 Å². The zero-order chi connectivity index (χ0) is 24.1. The quantitative estimate of drug-likeness (QED) is 0.282. The fraction of sp³-hybridized carbons (Fsp3) is 0.179. The van der Waals surface area contributed by atoms with Crippen LogP contribution in [-0.4, -0.2) is 43.1 Å². The van der Waals surface area contributed by atoms with Crippen LogP contribution in [0.15, 0.2) is 67.0 Å². The Balaban J connectivity index is 1.28. The Bertz CT molecular complexity index is 1710. The van der Waals surface area contributed by atoms with Crippen LogP contribution in [0.1, 0.15) is 18.4 Å². The SMILES string of the molecule is Fc1ccc(-c2cccc3[nH]c(-c4n[nH]c5ccc(-c6cncc(CN7CCCC7)c6)nc45)cc23)s1. The van der Waals surface area contributed by atoms with Crippen LogP contribution < -0.4 is 0 Å². The number of hydrogen-bond acceptors (Lipinski definition) is 5. The summed E-state index contributed by atoms with van der Waals surface area (Å²) in [7, 11) is 0. The molecule has 178 valence electrons. The summed E-state index contributed by atoms with van der Waals surface area (Å²) in [6, 6.07) is 17.7. The number of nitrogens with zero attached hydrogens (tertiary/aromatic N) is 4. The van der Waals surface area contributed by atoms with Crippen molar-refractivity contribution in [2.75, 3.05) is 13.1 Å². The van der Waals surface area contributed by atoms with E-state index in [1.807, 2.05) is 48.8 Å². The maximum absolute atomic E-state index is 13.7. The number of aromatic amines is 2. The van der Waals surface area contributed by atoms with Crippen molar-refractivity contribution in [1.82, 2.24) is 30.0 Å². The van der Waals surface area contributed by atoms with Crippen LogP contribution in [0.25, 0.3) is 55.0 Å². The van der Waals surface area contributed by atoms with Crippen LogP contribution in [0, 0.1) is 5.13 Å². The molecule has 36 heavy (non-hydrogen) atoms. The number of H-pyrrole nitrogens is 2. The molecule has 0 aliphatic carbocycles. The topological polar surface area (TPSA) is 73.5 Å². The molecule has 6 nitrogen and oxygen atoms in total. The van der Waals surface area contributed by atoms with Gasteiger partial charge in [0.2, 0.25) is 0 Å². The monoisotopic (exact) mass is 494 g/mol. The highest BCUT2D eigenvalue weighted by Crippen LogP contribution is 2.36. The molecule has 2 N–H and O–H groups in total. The molecule has 0 radical (unpaired) electrons. The Kier molecular flexibility index (Phi) is 5.15. The molecular formula is C28H23FN6S. The average molecular weight is 495 g/mol. The Morgan fingerprint density at radius 3 is 2.75 bits per heavy atom. The van der Waals surface area contributed by atoms with Crippen LogP contribution in [0.2, 0.25) is 0 Å². The molecule has 0 amide bonds. The number of benzene rings is 1. The van der Waals surface area contributed by atoms with E-state index in [0.717, 1.165) is 86.0 Å². The molecule has 0 saturated carbocycles. The molecule has 7 rings (SSSR count). The lowest BCUT2D eigenvalue weighted by Gasteiger charge is -2.14. The van der Waals surface area contributed by atoms with E-state index in [1.54, 1.807) is 0 Å². The lowest BCUT2D eigenvalue weighted by Crippen LogP contribution is -2.18. The minimum Gasteiger partial charge on any atom is -0.353 e. The number of fused-ring (bicyclic) bond motifs is 2. The van der Waals surface area contributed by atoms with Gasteiger partial charge in [-0.25, -0.2) is 4.98 Å².